The van der Waals surface area contributed by atoms with Gasteiger partial charge < -0.3 is 19.0 Å². The number of sulfonamides is 1. The second-order valence-corrected chi connectivity index (χ2v) is 10.4. The van der Waals surface area contributed by atoms with E-state index in [9.17, 15) is 18.0 Å². The molecule has 1 unspecified atom stereocenters. The molecule has 1 N–H and O–H groups in total. The van der Waals surface area contributed by atoms with Crippen LogP contribution in [0.15, 0.2) is 56.9 Å². The predicted octanol–water partition coefficient (Wildman–Crippen LogP) is 2.48. The van der Waals surface area contributed by atoms with Gasteiger partial charge in [0.1, 0.15) is 11.3 Å². The zero-order valence-corrected chi connectivity index (χ0v) is 20.1. The van der Waals surface area contributed by atoms with E-state index in [0.29, 0.717) is 24.4 Å². The summed E-state index contributed by atoms with van der Waals surface area (Å²) in [5.74, 6) is 0.0711. The number of aromatic amines is 1. The van der Waals surface area contributed by atoms with E-state index in [-0.39, 0.29) is 41.5 Å². The van der Waals surface area contributed by atoms with E-state index in [1.54, 1.807) is 12.1 Å². The van der Waals surface area contributed by atoms with Crippen molar-refractivity contribution in [2.75, 3.05) is 26.7 Å². The van der Waals surface area contributed by atoms with Crippen molar-refractivity contribution in [2.24, 2.45) is 0 Å². The fourth-order valence-corrected chi connectivity index (χ4v) is 5.24. The summed E-state index contributed by atoms with van der Waals surface area (Å²) in [6.07, 6.45) is 4.50. The molecule has 1 aliphatic rings. The van der Waals surface area contributed by atoms with Crippen molar-refractivity contribution in [3.63, 3.8) is 0 Å². The van der Waals surface area contributed by atoms with Crippen molar-refractivity contribution in [3.05, 3.63) is 64.3 Å². The molecule has 1 atom stereocenters. The molecule has 10 nitrogen and oxygen atoms in total. The molecule has 0 spiro atoms. The number of rotatable bonds is 9. The van der Waals surface area contributed by atoms with Crippen LogP contribution in [0.2, 0.25) is 0 Å². The fraction of sp³-hybridized carbons (Fsp3) is 0.375. The largest absolute Gasteiger partial charge is 0.467 e. The number of nitrogens with one attached hydrogen (secondary N) is 1. The first-order valence-corrected chi connectivity index (χ1v) is 12.7. The highest BCUT2D eigenvalue weighted by molar-refractivity contribution is 7.89. The minimum atomic E-state index is -3.91. The Balaban J connectivity index is 1.69. The minimum absolute atomic E-state index is 0.0245. The fourth-order valence-electron chi connectivity index (χ4n) is 4.04. The highest BCUT2D eigenvalue weighted by Crippen LogP contribution is 2.21. The first kappa shape index (κ1) is 24.7. The molecule has 3 aromatic rings. The first-order valence-electron chi connectivity index (χ1n) is 11.2. The molecular weight excluding hydrogens is 472 g/mol. The van der Waals surface area contributed by atoms with Crippen LogP contribution in [0, 0.1) is 11.3 Å². The molecule has 0 bridgehead atoms. The SMILES string of the molecule is CN(CCC#N)S(=O)(=O)c1ccc2[nH]cc(C(=O)N(Cc3ccco3)CC3CCCO3)c(=O)c2c1. The van der Waals surface area contributed by atoms with Crippen LogP contribution >= 0.6 is 0 Å². The van der Waals surface area contributed by atoms with Gasteiger partial charge in [0.15, 0.2) is 0 Å². The molecule has 4 rings (SSSR count). The van der Waals surface area contributed by atoms with Crippen molar-refractivity contribution >= 4 is 26.8 Å². The lowest BCUT2D eigenvalue weighted by atomic mass is 10.1. The third-order valence-corrected chi connectivity index (χ3v) is 7.84. The topological polar surface area (TPSA) is 137 Å². The number of furan rings is 1. The lowest BCUT2D eigenvalue weighted by Crippen LogP contribution is -2.39. The summed E-state index contributed by atoms with van der Waals surface area (Å²) in [6, 6.07) is 9.53. The normalized spacial score (nSPS) is 16.0. The molecular formula is C24H26N4O6S. The van der Waals surface area contributed by atoms with Gasteiger partial charge in [-0.2, -0.15) is 9.57 Å². The number of H-pyrrole nitrogens is 1. The Hall–Kier alpha value is -3.46. The predicted molar refractivity (Wildman–Crippen MR) is 127 cm³/mol. The Kier molecular flexibility index (Phi) is 7.35. The molecule has 3 heterocycles. The Morgan fingerprint density at radius 1 is 1.31 bits per heavy atom. The van der Waals surface area contributed by atoms with Crippen molar-refractivity contribution in [2.45, 2.75) is 36.8 Å². The number of hydrogen-bond donors (Lipinski definition) is 1. The van der Waals surface area contributed by atoms with E-state index >= 15 is 0 Å². The average Bonchev–Trinajstić information content (AvgIpc) is 3.56. The molecule has 0 radical (unpaired) electrons. The summed E-state index contributed by atoms with van der Waals surface area (Å²) in [5.41, 5.74) is -0.270. The molecule has 1 aromatic carbocycles. The molecule has 1 saturated heterocycles. The van der Waals surface area contributed by atoms with Gasteiger partial charge in [0.2, 0.25) is 15.5 Å². The number of pyridine rings is 1. The van der Waals surface area contributed by atoms with Crippen molar-refractivity contribution in [1.29, 1.82) is 5.26 Å². The van der Waals surface area contributed by atoms with E-state index in [1.807, 2.05) is 6.07 Å². The third-order valence-electron chi connectivity index (χ3n) is 5.99. The van der Waals surface area contributed by atoms with Gasteiger partial charge in [-0.05, 0) is 43.2 Å². The van der Waals surface area contributed by atoms with Crippen LogP contribution < -0.4 is 5.43 Å². The van der Waals surface area contributed by atoms with Gasteiger partial charge in [0.05, 0.1) is 29.9 Å². The smallest absolute Gasteiger partial charge is 0.259 e. The molecule has 0 aliphatic carbocycles. The number of amides is 1. The maximum Gasteiger partial charge on any atom is 0.259 e. The van der Waals surface area contributed by atoms with Gasteiger partial charge >= 0.3 is 0 Å². The van der Waals surface area contributed by atoms with Gasteiger partial charge in [0, 0.05) is 50.3 Å². The second-order valence-electron chi connectivity index (χ2n) is 8.37. The number of fused-ring (bicyclic) bond motifs is 1. The summed E-state index contributed by atoms with van der Waals surface area (Å²) in [5, 5.41) is 8.84. The number of nitriles is 1. The van der Waals surface area contributed by atoms with E-state index in [0.717, 1.165) is 17.1 Å². The molecule has 0 saturated carbocycles. The molecule has 35 heavy (non-hydrogen) atoms. The zero-order chi connectivity index (χ0) is 25.0. The van der Waals surface area contributed by atoms with Gasteiger partial charge in [-0.1, -0.05) is 0 Å². The summed E-state index contributed by atoms with van der Waals surface area (Å²) >= 11 is 0. The van der Waals surface area contributed by atoms with Gasteiger partial charge in [-0.15, -0.1) is 0 Å². The minimum Gasteiger partial charge on any atom is -0.467 e. The molecule has 2 aromatic heterocycles. The molecule has 11 heteroatoms. The summed E-state index contributed by atoms with van der Waals surface area (Å²) in [4.78, 5) is 31.2. The Bertz CT molecular complexity index is 1400. The maximum absolute atomic E-state index is 13.5. The van der Waals surface area contributed by atoms with Crippen LogP contribution in [-0.2, 0) is 21.3 Å². The number of aromatic nitrogens is 1. The number of nitrogens with zero attached hydrogens (tertiary/aromatic N) is 3. The van der Waals surface area contributed by atoms with Crippen LogP contribution in [0.3, 0.4) is 0 Å². The van der Waals surface area contributed by atoms with Crippen LogP contribution in [0.4, 0.5) is 0 Å². The van der Waals surface area contributed by atoms with Crippen molar-refractivity contribution in [3.8, 4) is 6.07 Å². The Morgan fingerprint density at radius 2 is 2.14 bits per heavy atom. The van der Waals surface area contributed by atoms with Crippen LogP contribution in [0.25, 0.3) is 10.9 Å². The Labute approximate surface area is 202 Å². The number of ether oxygens (including phenoxy) is 1. The average molecular weight is 499 g/mol. The Morgan fingerprint density at radius 3 is 2.83 bits per heavy atom. The monoisotopic (exact) mass is 498 g/mol. The number of carbonyl (C=O) groups excluding carboxylic acids is 1. The molecule has 184 valence electrons. The van der Waals surface area contributed by atoms with Crippen molar-refractivity contribution in [1.82, 2.24) is 14.2 Å². The van der Waals surface area contributed by atoms with Crippen molar-refractivity contribution < 1.29 is 22.4 Å². The van der Waals surface area contributed by atoms with Gasteiger partial charge in [-0.3, -0.25) is 9.59 Å². The van der Waals surface area contributed by atoms with E-state index in [1.165, 1.54) is 42.6 Å². The highest BCUT2D eigenvalue weighted by atomic mass is 32.2. The number of carbonyl (C=O) groups is 1. The van der Waals surface area contributed by atoms with Crippen LogP contribution in [-0.4, -0.2) is 61.4 Å². The lowest BCUT2D eigenvalue weighted by Gasteiger charge is -2.24. The first-order chi connectivity index (χ1) is 16.8. The van der Waals surface area contributed by atoms with E-state index < -0.39 is 21.4 Å². The van der Waals surface area contributed by atoms with Crippen LogP contribution in [0.1, 0.15) is 35.4 Å². The third kappa shape index (κ3) is 5.30. The highest BCUT2D eigenvalue weighted by Gasteiger charge is 2.27. The summed E-state index contributed by atoms with van der Waals surface area (Å²) in [6.45, 7) is 1.12. The maximum atomic E-state index is 13.5. The summed E-state index contributed by atoms with van der Waals surface area (Å²) in [7, 11) is -2.54. The molecule has 1 aliphatic heterocycles. The zero-order valence-electron chi connectivity index (χ0n) is 19.3. The lowest BCUT2D eigenvalue weighted by molar-refractivity contribution is 0.0490. The number of hydrogen-bond acceptors (Lipinski definition) is 7. The quantitative estimate of drug-likeness (QED) is 0.478. The summed E-state index contributed by atoms with van der Waals surface area (Å²) < 4.78 is 38.0. The molecule has 1 amide bonds. The van der Waals surface area contributed by atoms with Gasteiger partial charge in [-0.25, -0.2) is 8.42 Å². The second kappa shape index (κ2) is 10.4. The van der Waals surface area contributed by atoms with E-state index in [2.05, 4.69) is 4.98 Å². The molecule has 1 fully saturated rings. The van der Waals surface area contributed by atoms with Crippen LogP contribution in [0.5, 0.6) is 0 Å². The standard InChI is InChI=1S/C24H26N4O6S/c1-27(10-4-9-25)35(31,32)19-7-8-22-20(13-19)23(29)21(14-26-22)24(30)28(15-17-5-2-11-33-17)16-18-6-3-12-34-18/h2,5,7-8,11,13-14,18H,3-4,6,10,12,15-16H2,1H3,(H,26,29). The van der Waals surface area contributed by atoms with Gasteiger partial charge in [0.25, 0.3) is 5.91 Å². The number of benzene rings is 1. The van der Waals surface area contributed by atoms with E-state index in [4.69, 9.17) is 14.4 Å².